The van der Waals surface area contributed by atoms with Crippen LogP contribution < -0.4 is 0 Å². The van der Waals surface area contributed by atoms with Crippen LogP contribution in [0.3, 0.4) is 0 Å². The summed E-state index contributed by atoms with van der Waals surface area (Å²) in [7, 11) is 1.99. The molecule has 1 saturated heterocycles. The van der Waals surface area contributed by atoms with E-state index >= 15 is 0 Å². The fourth-order valence-electron chi connectivity index (χ4n) is 1.75. The molecule has 1 atom stereocenters. The van der Waals surface area contributed by atoms with E-state index in [0.29, 0.717) is 18.2 Å². The summed E-state index contributed by atoms with van der Waals surface area (Å²) in [5.74, 6) is -0.845. The standard InChI is InChI=1S/C12H21NO3/c1-10(12(14)15)6-7-13(2)9-11-5-3-4-8-16-11/h6,11H,3-5,7-9H2,1-2H3,(H,14,15). The number of carboxylic acids is 1. The number of carbonyl (C=O) groups is 1. The Bertz CT molecular complexity index is 257. The second-order valence-corrected chi connectivity index (χ2v) is 4.40. The van der Waals surface area contributed by atoms with Crippen molar-refractivity contribution in [3.05, 3.63) is 11.6 Å². The summed E-state index contributed by atoms with van der Waals surface area (Å²) in [6, 6.07) is 0. The average Bonchev–Trinajstić information content (AvgIpc) is 2.27. The number of likely N-dealkylation sites (N-methyl/N-ethyl adjacent to an activating group) is 1. The van der Waals surface area contributed by atoms with Crippen LogP contribution in [-0.2, 0) is 9.53 Å². The quantitative estimate of drug-likeness (QED) is 0.723. The van der Waals surface area contributed by atoms with Gasteiger partial charge in [0.15, 0.2) is 0 Å². The van der Waals surface area contributed by atoms with Crippen molar-refractivity contribution in [2.24, 2.45) is 0 Å². The summed E-state index contributed by atoms with van der Waals surface area (Å²) in [5, 5.41) is 8.70. The zero-order valence-corrected chi connectivity index (χ0v) is 10.1. The van der Waals surface area contributed by atoms with Crippen molar-refractivity contribution < 1.29 is 14.6 Å². The van der Waals surface area contributed by atoms with Crippen LogP contribution in [0.2, 0.25) is 0 Å². The molecular formula is C12H21NO3. The van der Waals surface area contributed by atoms with E-state index in [1.54, 1.807) is 13.0 Å². The Hall–Kier alpha value is -0.870. The lowest BCUT2D eigenvalue weighted by atomic mass is 10.1. The minimum atomic E-state index is -0.845. The zero-order valence-electron chi connectivity index (χ0n) is 10.1. The van der Waals surface area contributed by atoms with Crippen LogP contribution in [0.25, 0.3) is 0 Å². The largest absolute Gasteiger partial charge is 0.478 e. The molecule has 0 spiro atoms. The highest BCUT2D eigenvalue weighted by atomic mass is 16.5. The van der Waals surface area contributed by atoms with Crippen LogP contribution in [0.1, 0.15) is 26.2 Å². The molecule has 92 valence electrons. The maximum atomic E-state index is 10.6. The summed E-state index contributed by atoms with van der Waals surface area (Å²) >= 11 is 0. The van der Waals surface area contributed by atoms with Crippen LogP contribution in [0, 0.1) is 0 Å². The van der Waals surface area contributed by atoms with E-state index in [-0.39, 0.29) is 0 Å². The Morgan fingerprint density at radius 1 is 1.56 bits per heavy atom. The Balaban J connectivity index is 2.26. The molecule has 0 aromatic carbocycles. The van der Waals surface area contributed by atoms with Gasteiger partial charge in [0, 0.05) is 25.3 Å². The molecule has 1 unspecified atom stereocenters. The van der Waals surface area contributed by atoms with Gasteiger partial charge >= 0.3 is 5.97 Å². The first-order valence-corrected chi connectivity index (χ1v) is 5.80. The van der Waals surface area contributed by atoms with Crippen LogP contribution >= 0.6 is 0 Å². The molecule has 16 heavy (non-hydrogen) atoms. The molecule has 0 aliphatic carbocycles. The highest BCUT2D eigenvalue weighted by molar-refractivity contribution is 5.85. The van der Waals surface area contributed by atoms with Gasteiger partial charge in [-0.05, 0) is 33.2 Å². The third-order valence-electron chi connectivity index (χ3n) is 2.84. The van der Waals surface area contributed by atoms with E-state index in [1.807, 2.05) is 7.05 Å². The molecule has 0 bridgehead atoms. The third kappa shape index (κ3) is 4.77. The van der Waals surface area contributed by atoms with Crippen LogP contribution in [0.15, 0.2) is 11.6 Å². The molecule has 1 aliphatic heterocycles. The molecule has 0 saturated carbocycles. The first-order valence-electron chi connectivity index (χ1n) is 5.80. The van der Waals surface area contributed by atoms with Crippen molar-refractivity contribution in [3.8, 4) is 0 Å². The Labute approximate surface area is 96.9 Å². The van der Waals surface area contributed by atoms with Gasteiger partial charge in [-0.25, -0.2) is 4.79 Å². The Morgan fingerprint density at radius 2 is 2.31 bits per heavy atom. The molecule has 4 heteroatoms. The predicted octanol–water partition coefficient (Wildman–Crippen LogP) is 1.52. The monoisotopic (exact) mass is 227 g/mol. The lowest BCUT2D eigenvalue weighted by molar-refractivity contribution is -0.132. The number of aliphatic carboxylic acids is 1. The fourth-order valence-corrected chi connectivity index (χ4v) is 1.75. The van der Waals surface area contributed by atoms with Gasteiger partial charge in [-0.1, -0.05) is 6.08 Å². The van der Waals surface area contributed by atoms with Crippen LogP contribution in [0.5, 0.6) is 0 Å². The summed E-state index contributed by atoms with van der Waals surface area (Å²) in [4.78, 5) is 12.7. The maximum absolute atomic E-state index is 10.6. The minimum absolute atomic E-state index is 0.317. The fraction of sp³-hybridized carbons (Fsp3) is 0.750. The number of ether oxygens (including phenoxy) is 1. The lowest BCUT2D eigenvalue weighted by Crippen LogP contribution is -2.33. The summed E-state index contributed by atoms with van der Waals surface area (Å²) in [5.41, 5.74) is 0.399. The van der Waals surface area contributed by atoms with E-state index in [2.05, 4.69) is 4.90 Å². The second-order valence-electron chi connectivity index (χ2n) is 4.40. The predicted molar refractivity (Wildman–Crippen MR) is 62.5 cm³/mol. The molecule has 1 fully saturated rings. The molecule has 0 radical (unpaired) electrons. The summed E-state index contributed by atoms with van der Waals surface area (Å²) in [6.45, 7) is 4.02. The van der Waals surface area contributed by atoms with Crippen molar-refractivity contribution in [1.82, 2.24) is 4.90 Å². The molecule has 4 nitrogen and oxygen atoms in total. The summed E-state index contributed by atoms with van der Waals surface area (Å²) < 4.78 is 5.62. The van der Waals surface area contributed by atoms with Gasteiger partial charge in [0.1, 0.15) is 0 Å². The van der Waals surface area contributed by atoms with Gasteiger partial charge in [0.2, 0.25) is 0 Å². The van der Waals surface area contributed by atoms with Crippen molar-refractivity contribution in [3.63, 3.8) is 0 Å². The highest BCUT2D eigenvalue weighted by Crippen LogP contribution is 2.13. The van der Waals surface area contributed by atoms with Gasteiger partial charge in [-0.2, -0.15) is 0 Å². The molecule has 1 aliphatic rings. The molecule has 0 amide bonds. The van der Waals surface area contributed by atoms with E-state index < -0.39 is 5.97 Å². The van der Waals surface area contributed by atoms with Gasteiger partial charge in [-0.3, -0.25) is 0 Å². The molecule has 0 aromatic heterocycles. The number of nitrogens with zero attached hydrogens (tertiary/aromatic N) is 1. The molecule has 1 N–H and O–H groups in total. The van der Waals surface area contributed by atoms with Gasteiger partial charge in [0.25, 0.3) is 0 Å². The SMILES string of the molecule is CC(=CCN(C)CC1CCCCO1)C(=O)O. The number of hydrogen-bond acceptors (Lipinski definition) is 3. The van der Waals surface area contributed by atoms with E-state index in [4.69, 9.17) is 9.84 Å². The van der Waals surface area contributed by atoms with Crippen molar-refractivity contribution in [2.75, 3.05) is 26.7 Å². The third-order valence-corrected chi connectivity index (χ3v) is 2.84. The van der Waals surface area contributed by atoms with Gasteiger partial charge < -0.3 is 14.7 Å². The molecular weight excluding hydrogens is 206 g/mol. The topological polar surface area (TPSA) is 49.8 Å². The Morgan fingerprint density at radius 3 is 2.88 bits per heavy atom. The van der Waals surface area contributed by atoms with Gasteiger partial charge in [0.05, 0.1) is 6.10 Å². The van der Waals surface area contributed by atoms with Crippen molar-refractivity contribution >= 4 is 5.97 Å². The maximum Gasteiger partial charge on any atom is 0.330 e. The summed E-state index contributed by atoms with van der Waals surface area (Å²) in [6.07, 6.45) is 5.58. The zero-order chi connectivity index (χ0) is 12.0. The number of hydrogen-bond donors (Lipinski definition) is 1. The first-order chi connectivity index (χ1) is 7.59. The first kappa shape index (κ1) is 13.2. The van der Waals surface area contributed by atoms with E-state index in [1.165, 1.54) is 6.42 Å². The molecule has 0 aromatic rings. The van der Waals surface area contributed by atoms with Crippen molar-refractivity contribution in [2.45, 2.75) is 32.3 Å². The second kappa shape index (κ2) is 6.66. The Kier molecular flexibility index (Phi) is 5.49. The molecule has 1 heterocycles. The van der Waals surface area contributed by atoms with E-state index in [0.717, 1.165) is 26.0 Å². The van der Waals surface area contributed by atoms with Crippen molar-refractivity contribution in [1.29, 1.82) is 0 Å². The number of carboxylic acid groups (broad SMARTS) is 1. The molecule has 1 rings (SSSR count). The lowest BCUT2D eigenvalue weighted by Gasteiger charge is -2.26. The van der Waals surface area contributed by atoms with E-state index in [9.17, 15) is 4.79 Å². The van der Waals surface area contributed by atoms with Gasteiger partial charge in [-0.15, -0.1) is 0 Å². The highest BCUT2D eigenvalue weighted by Gasteiger charge is 2.15. The van der Waals surface area contributed by atoms with Crippen LogP contribution in [0.4, 0.5) is 0 Å². The smallest absolute Gasteiger partial charge is 0.330 e. The van der Waals surface area contributed by atoms with Crippen LogP contribution in [-0.4, -0.2) is 48.8 Å². The minimum Gasteiger partial charge on any atom is -0.478 e. The number of rotatable bonds is 5. The average molecular weight is 227 g/mol. The normalized spacial score (nSPS) is 22.4.